The lowest BCUT2D eigenvalue weighted by Gasteiger charge is -2.05. The van der Waals surface area contributed by atoms with E-state index >= 15 is 0 Å². The minimum Gasteiger partial charge on any atom is -0.402 e. The highest BCUT2D eigenvalue weighted by atomic mass is 35.5. The Balaban J connectivity index is 1.76. The first-order valence-electron chi connectivity index (χ1n) is 6.70. The molecule has 0 atom stereocenters. The molecule has 6 heteroatoms. The van der Waals surface area contributed by atoms with Crippen molar-refractivity contribution in [1.82, 2.24) is 10.2 Å². The van der Waals surface area contributed by atoms with Gasteiger partial charge in [0, 0.05) is 11.6 Å². The first-order chi connectivity index (χ1) is 11.1. The van der Waals surface area contributed by atoms with Crippen LogP contribution in [0.25, 0.3) is 11.3 Å². The maximum absolute atomic E-state index is 12.9. The van der Waals surface area contributed by atoms with Gasteiger partial charge in [-0.3, -0.25) is 0 Å². The average Bonchev–Trinajstić information content (AvgIpc) is 2.57. The van der Waals surface area contributed by atoms with Gasteiger partial charge in [0.1, 0.15) is 5.82 Å². The molecule has 2 aromatic carbocycles. The first kappa shape index (κ1) is 15.1. The zero-order valence-corrected chi connectivity index (χ0v) is 12.5. The van der Waals surface area contributed by atoms with Crippen LogP contribution in [0.3, 0.4) is 0 Å². The predicted molar refractivity (Wildman–Crippen MR) is 83.8 cm³/mol. The van der Waals surface area contributed by atoms with Crippen molar-refractivity contribution in [2.24, 2.45) is 0 Å². The molecule has 0 unspecified atom stereocenters. The average molecular weight is 329 g/mol. The smallest absolute Gasteiger partial charge is 0.346 e. The quantitative estimate of drug-likeness (QED) is 0.678. The summed E-state index contributed by atoms with van der Waals surface area (Å²) >= 11 is 5.94. The Kier molecular flexibility index (Phi) is 4.30. The second-order valence-corrected chi connectivity index (χ2v) is 5.04. The minimum atomic E-state index is -0.612. The molecule has 4 nitrogen and oxygen atoms in total. The fraction of sp³-hybridized carbons (Fsp3) is 0. The zero-order valence-electron chi connectivity index (χ0n) is 11.7. The Hall–Kier alpha value is -2.79. The van der Waals surface area contributed by atoms with Gasteiger partial charge in [-0.25, -0.2) is 9.18 Å². The SMILES string of the molecule is O=C(Oc1ccc(-c2ccc(F)cc2)nn1)c1ccccc1Cl. The highest BCUT2D eigenvalue weighted by Crippen LogP contribution is 2.20. The molecule has 0 saturated carbocycles. The van der Waals surface area contributed by atoms with Crippen molar-refractivity contribution in [3.63, 3.8) is 0 Å². The van der Waals surface area contributed by atoms with Gasteiger partial charge in [0.25, 0.3) is 0 Å². The van der Waals surface area contributed by atoms with Crippen molar-refractivity contribution in [2.75, 3.05) is 0 Å². The molecular formula is C17H10ClFN2O2. The van der Waals surface area contributed by atoms with E-state index in [0.29, 0.717) is 16.3 Å². The maximum atomic E-state index is 12.9. The van der Waals surface area contributed by atoms with Gasteiger partial charge in [0.15, 0.2) is 0 Å². The fourth-order valence-electron chi connectivity index (χ4n) is 1.93. The molecule has 0 aliphatic rings. The van der Waals surface area contributed by atoms with Gasteiger partial charge in [-0.1, -0.05) is 23.7 Å². The van der Waals surface area contributed by atoms with Gasteiger partial charge in [-0.05, 0) is 42.5 Å². The van der Waals surface area contributed by atoms with E-state index in [1.807, 2.05) is 0 Å². The van der Waals surface area contributed by atoms with Crippen LogP contribution in [0.4, 0.5) is 4.39 Å². The molecule has 0 radical (unpaired) electrons. The summed E-state index contributed by atoms with van der Waals surface area (Å²) in [6.45, 7) is 0. The Morgan fingerprint density at radius 2 is 1.70 bits per heavy atom. The number of aromatic nitrogens is 2. The number of rotatable bonds is 3. The van der Waals surface area contributed by atoms with Crippen molar-refractivity contribution in [3.8, 4) is 17.1 Å². The van der Waals surface area contributed by atoms with Crippen molar-refractivity contribution in [2.45, 2.75) is 0 Å². The molecule has 0 aliphatic heterocycles. The number of carbonyl (C=O) groups excluding carboxylic acids is 1. The van der Waals surface area contributed by atoms with Crippen molar-refractivity contribution < 1.29 is 13.9 Å². The molecule has 0 spiro atoms. The van der Waals surface area contributed by atoms with Crippen molar-refractivity contribution in [1.29, 1.82) is 0 Å². The van der Waals surface area contributed by atoms with Crippen LogP contribution in [-0.4, -0.2) is 16.2 Å². The third kappa shape index (κ3) is 3.52. The summed E-state index contributed by atoms with van der Waals surface area (Å²) in [6, 6.07) is 15.6. The second-order valence-electron chi connectivity index (χ2n) is 4.63. The van der Waals surface area contributed by atoms with Crippen molar-refractivity contribution in [3.05, 3.63) is 77.1 Å². The van der Waals surface area contributed by atoms with Gasteiger partial charge in [0.05, 0.1) is 16.3 Å². The molecule has 114 valence electrons. The number of nitrogens with zero attached hydrogens (tertiary/aromatic N) is 2. The molecule has 0 fully saturated rings. The van der Waals surface area contributed by atoms with Crippen LogP contribution in [0, 0.1) is 5.82 Å². The van der Waals surface area contributed by atoms with Crippen LogP contribution in [0.2, 0.25) is 5.02 Å². The largest absolute Gasteiger partial charge is 0.402 e. The summed E-state index contributed by atoms with van der Waals surface area (Å²) in [5.41, 5.74) is 1.50. The predicted octanol–water partition coefficient (Wildman–Crippen LogP) is 4.16. The van der Waals surface area contributed by atoms with Crippen LogP contribution < -0.4 is 4.74 Å². The number of esters is 1. The Morgan fingerprint density at radius 3 is 2.35 bits per heavy atom. The summed E-state index contributed by atoms with van der Waals surface area (Å²) < 4.78 is 18.0. The number of hydrogen-bond acceptors (Lipinski definition) is 4. The molecule has 0 aliphatic carbocycles. The maximum Gasteiger partial charge on any atom is 0.346 e. The minimum absolute atomic E-state index is 0.0563. The monoisotopic (exact) mass is 328 g/mol. The molecule has 1 heterocycles. The molecule has 3 aromatic rings. The van der Waals surface area contributed by atoms with E-state index in [0.717, 1.165) is 0 Å². The standard InChI is InChI=1S/C17H10ClFN2O2/c18-14-4-2-1-3-13(14)17(22)23-16-10-9-15(20-21-16)11-5-7-12(19)8-6-11/h1-10H. The van der Waals surface area contributed by atoms with E-state index in [1.54, 1.807) is 42.5 Å². The van der Waals surface area contributed by atoms with Crippen LogP contribution >= 0.6 is 11.6 Å². The highest BCUT2D eigenvalue weighted by molar-refractivity contribution is 6.33. The Labute approximate surface area is 136 Å². The third-order valence-electron chi connectivity index (χ3n) is 3.07. The molecule has 0 bridgehead atoms. The zero-order chi connectivity index (χ0) is 16.2. The van der Waals surface area contributed by atoms with E-state index in [-0.39, 0.29) is 17.3 Å². The van der Waals surface area contributed by atoms with Gasteiger partial charge in [-0.15, -0.1) is 10.2 Å². The molecule has 3 rings (SSSR count). The Morgan fingerprint density at radius 1 is 0.957 bits per heavy atom. The van der Waals surface area contributed by atoms with E-state index < -0.39 is 5.97 Å². The van der Waals surface area contributed by atoms with E-state index in [4.69, 9.17) is 16.3 Å². The van der Waals surface area contributed by atoms with E-state index in [1.165, 1.54) is 18.2 Å². The summed E-state index contributed by atoms with van der Waals surface area (Å²) in [7, 11) is 0. The first-order valence-corrected chi connectivity index (χ1v) is 7.07. The van der Waals surface area contributed by atoms with Gasteiger partial charge in [0.2, 0.25) is 5.88 Å². The lowest BCUT2D eigenvalue weighted by Crippen LogP contribution is -2.10. The van der Waals surface area contributed by atoms with Crippen molar-refractivity contribution >= 4 is 17.6 Å². The van der Waals surface area contributed by atoms with Gasteiger partial charge >= 0.3 is 5.97 Å². The number of carbonyl (C=O) groups is 1. The number of benzene rings is 2. The van der Waals surface area contributed by atoms with E-state index in [2.05, 4.69) is 10.2 Å². The number of ether oxygens (including phenoxy) is 1. The molecule has 23 heavy (non-hydrogen) atoms. The number of halogens is 2. The summed E-state index contributed by atoms with van der Waals surface area (Å²) in [5, 5.41) is 8.11. The number of hydrogen-bond donors (Lipinski definition) is 0. The molecule has 1 aromatic heterocycles. The summed E-state index contributed by atoms with van der Waals surface area (Å²) in [5.74, 6) is -0.882. The normalized spacial score (nSPS) is 10.3. The fourth-order valence-corrected chi connectivity index (χ4v) is 2.14. The molecule has 0 saturated heterocycles. The van der Waals surface area contributed by atoms with E-state index in [9.17, 15) is 9.18 Å². The Bertz CT molecular complexity index is 836. The molecule has 0 N–H and O–H groups in total. The lowest BCUT2D eigenvalue weighted by molar-refractivity contribution is 0.0726. The third-order valence-corrected chi connectivity index (χ3v) is 3.40. The van der Waals surface area contributed by atoms with Crippen LogP contribution in [-0.2, 0) is 0 Å². The van der Waals surface area contributed by atoms with Gasteiger partial charge < -0.3 is 4.74 Å². The van der Waals surface area contributed by atoms with Crippen LogP contribution in [0.1, 0.15) is 10.4 Å². The molecular weight excluding hydrogens is 319 g/mol. The summed E-state index contributed by atoms with van der Waals surface area (Å²) in [4.78, 5) is 12.0. The highest BCUT2D eigenvalue weighted by Gasteiger charge is 2.13. The van der Waals surface area contributed by atoms with Gasteiger partial charge in [-0.2, -0.15) is 0 Å². The van der Waals surface area contributed by atoms with Crippen LogP contribution in [0.15, 0.2) is 60.7 Å². The lowest BCUT2D eigenvalue weighted by atomic mass is 10.1. The second kappa shape index (κ2) is 6.54. The van der Waals surface area contributed by atoms with Crippen LogP contribution in [0.5, 0.6) is 5.88 Å². The summed E-state index contributed by atoms with van der Waals surface area (Å²) in [6.07, 6.45) is 0. The topological polar surface area (TPSA) is 52.1 Å². The molecule has 0 amide bonds.